The van der Waals surface area contributed by atoms with E-state index in [2.05, 4.69) is 21.2 Å². The van der Waals surface area contributed by atoms with Gasteiger partial charge in [0.1, 0.15) is 4.75 Å². The summed E-state index contributed by atoms with van der Waals surface area (Å²) in [6.45, 7) is 3.19. The smallest absolute Gasteiger partial charge is 0.241 e. The molecule has 0 heterocycles. The van der Waals surface area contributed by atoms with Gasteiger partial charge in [0, 0.05) is 17.1 Å². The number of nitrogens with two attached hydrogens (primary N) is 1. The molecule has 0 saturated heterocycles. The average Bonchev–Trinajstić information content (AvgIpc) is 3.29. The SMILES string of the molecule is CC(C)(C(=O)NC(CN)C1CC1)S(=O)(=O)c1ccc(Br)cc1. The van der Waals surface area contributed by atoms with E-state index in [-0.39, 0.29) is 10.9 Å². The first-order chi connectivity index (χ1) is 10.2. The number of hydrogen-bond acceptors (Lipinski definition) is 4. The van der Waals surface area contributed by atoms with Gasteiger partial charge >= 0.3 is 0 Å². The van der Waals surface area contributed by atoms with Crippen LogP contribution in [-0.4, -0.2) is 31.7 Å². The van der Waals surface area contributed by atoms with Crippen LogP contribution >= 0.6 is 15.9 Å². The molecular formula is C15H21BrN2O3S. The lowest BCUT2D eigenvalue weighted by Crippen LogP contribution is -2.53. The molecule has 0 aliphatic heterocycles. The second-order valence-corrected chi connectivity index (χ2v) is 9.54. The van der Waals surface area contributed by atoms with Crippen molar-refractivity contribution in [3.8, 4) is 0 Å². The predicted molar refractivity (Wildman–Crippen MR) is 89.1 cm³/mol. The number of rotatable bonds is 6. The summed E-state index contributed by atoms with van der Waals surface area (Å²) >= 11 is 3.27. The van der Waals surface area contributed by atoms with Crippen molar-refractivity contribution in [3.05, 3.63) is 28.7 Å². The fourth-order valence-corrected chi connectivity index (χ4v) is 3.89. The van der Waals surface area contributed by atoms with Crippen LogP contribution in [0.2, 0.25) is 0 Å². The number of benzene rings is 1. The topological polar surface area (TPSA) is 89.3 Å². The summed E-state index contributed by atoms with van der Waals surface area (Å²) in [7, 11) is -3.79. The zero-order valence-electron chi connectivity index (χ0n) is 12.7. The molecule has 1 unspecified atom stereocenters. The Labute approximate surface area is 139 Å². The Morgan fingerprint density at radius 3 is 2.36 bits per heavy atom. The van der Waals surface area contributed by atoms with Crippen molar-refractivity contribution in [2.45, 2.75) is 42.4 Å². The van der Waals surface area contributed by atoms with E-state index in [0.29, 0.717) is 12.5 Å². The molecule has 1 aliphatic carbocycles. The molecule has 1 atom stereocenters. The number of carbonyl (C=O) groups is 1. The van der Waals surface area contributed by atoms with Crippen LogP contribution in [-0.2, 0) is 14.6 Å². The maximum atomic E-state index is 12.8. The molecule has 1 aliphatic rings. The number of sulfone groups is 1. The van der Waals surface area contributed by atoms with Gasteiger partial charge in [0.05, 0.1) is 4.90 Å². The molecule has 1 fully saturated rings. The molecule has 1 amide bonds. The highest BCUT2D eigenvalue weighted by molar-refractivity contribution is 9.10. The van der Waals surface area contributed by atoms with Gasteiger partial charge in [-0.3, -0.25) is 4.79 Å². The van der Waals surface area contributed by atoms with Crippen molar-refractivity contribution < 1.29 is 13.2 Å². The average molecular weight is 389 g/mol. The van der Waals surface area contributed by atoms with Gasteiger partial charge in [-0.2, -0.15) is 0 Å². The summed E-state index contributed by atoms with van der Waals surface area (Å²) < 4.78 is 24.7. The van der Waals surface area contributed by atoms with Gasteiger partial charge in [0.15, 0.2) is 9.84 Å². The van der Waals surface area contributed by atoms with Gasteiger partial charge in [-0.05, 0) is 56.9 Å². The first kappa shape index (κ1) is 17.4. The molecule has 1 saturated carbocycles. The highest BCUT2D eigenvalue weighted by Gasteiger charge is 2.44. The van der Waals surface area contributed by atoms with Crippen molar-refractivity contribution in [3.63, 3.8) is 0 Å². The summed E-state index contributed by atoms with van der Waals surface area (Å²) in [6.07, 6.45) is 2.06. The lowest BCUT2D eigenvalue weighted by Gasteiger charge is -2.27. The Kier molecular flexibility index (Phi) is 4.99. The minimum atomic E-state index is -3.79. The highest BCUT2D eigenvalue weighted by Crippen LogP contribution is 2.33. The van der Waals surface area contributed by atoms with Crippen LogP contribution in [0.25, 0.3) is 0 Å². The fraction of sp³-hybridized carbons (Fsp3) is 0.533. The third kappa shape index (κ3) is 3.36. The molecule has 7 heteroatoms. The second-order valence-electron chi connectivity index (χ2n) is 6.12. The van der Waals surface area contributed by atoms with E-state index in [1.54, 1.807) is 12.1 Å². The second kappa shape index (κ2) is 6.29. The maximum Gasteiger partial charge on any atom is 0.241 e. The zero-order valence-corrected chi connectivity index (χ0v) is 15.1. The summed E-state index contributed by atoms with van der Waals surface area (Å²) in [5.74, 6) is -0.127. The Morgan fingerprint density at radius 1 is 1.36 bits per heavy atom. The first-order valence-electron chi connectivity index (χ1n) is 7.21. The van der Waals surface area contributed by atoms with Crippen LogP contribution in [0.3, 0.4) is 0 Å². The lowest BCUT2D eigenvalue weighted by molar-refractivity contribution is -0.123. The lowest BCUT2D eigenvalue weighted by atomic mass is 10.1. The molecular weight excluding hydrogens is 368 g/mol. The normalized spacial score (nSPS) is 17.1. The molecule has 0 bridgehead atoms. The highest BCUT2D eigenvalue weighted by atomic mass is 79.9. The van der Waals surface area contributed by atoms with Crippen LogP contribution in [0.1, 0.15) is 26.7 Å². The molecule has 0 aromatic heterocycles. The van der Waals surface area contributed by atoms with Crippen molar-refractivity contribution in [1.29, 1.82) is 0 Å². The predicted octanol–water partition coefficient (Wildman–Crippen LogP) is 1.85. The molecule has 1 aromatic carbocycles. The third-order valence-electron chi connectivity index (χ3n) is 4.10. The number of halogens is 1. The van der Waals surface area contributed by atoms with E-state index in [1.807, 2.05) is 0 Å². The number of hydrogen-bond donors (Lipinski definition) is 2. The van der Waals surface area contributed by atoms with Gasteiger partial charge in [0.2, 0.25) is 5.91 Å². The Hall–Kier alpha value is -0.920. The van der Waals surface area contributed by atoms with Gasteiger partial charge in [-0.1, -0.05) is 15.9 Å². The molecule has 0 radical (unpaired) electrons. The maximum absolute atomic E-state index is 12.8. The zero-order chi connectivity index (χ0) is 16.5. The summed E-state index contributed by atoms with van der Waals surface area (Å²) in [5, 5.41) is 2.80. The Morgan fingerprint density at radius 2 is 1.91 bits per heavy atom. The van der Waals surface area contributed by atoms with E-state index < -0.39 is 20.5 Å². The minimum Gasteiger partial charge on any atom is -0.350 e. The van der Waals surface area contributed by atoms with Crippen LogP contribution in [0.5, 0.6) is 0 Å². The third-order valence-corrected chi connectivity index (χ3v) is 7.05. The van der Waals surface area contributed by atoms with Crippen LogP contribution < -0.4 is 11.1 Å². The fourth-order valence-electron chi connectivity index (χ4n) is 2.24. The number of carbonyl (C=O) groups excluding carboxylic acids is 1. The first-order valence-corrected chi connectivity index (χ1v) is 9.49. The molecule has 1 aromatic rings. The van der Waals surface area contributed by atoms with Crippen LogP contribution in [0.4, 0.5) is 0 Å². The Bertz CT molecular complexity index is 652. The molecule has 2 rings (SSSR count). The monoisotopic (exact) mass is 388 g/mol. The van der Waals surface area contributed by atoms with Crippen molar-refractivity contribution >= 4 is 31.7 Å². The van der Waals surface area contributed by atoms with Crippen molar-refractivity contribution in [2.75, 3.05) is 6.54 Å². The van der Waals surface area contributed by atoms with Crippen LogP contribution in [0.15, 0.2) is 33.6 Å². The summed E-state index contributed by atoms with van der Waals surface area (Å²) in [5.41, 5.74) is 5.67. The Balaban J connectivity index is 2.23. The standard InChI is InChI=1S/C15H21BrN2O3S/c1-15(2,14(19)18-13(9-17)10-3-4-10)22(20,21)12-7-5-11(16)6-8-12/h5-8,10,13H,3-4,9,17H2,1-2H3,(H,18,19). The molecule has 122 valence electrons. The molecule has 22 heavy (non-hydrogen) atoms. The van der Waals surface area contributed by atoms with Crippen molar-refractivity contribution in [2.24, 2.45) is 11.7 Å². The number of amides is 1. The molecule has 3 N–H and O–H groups in total. The van der Waals surface area contributed by atoms with Crippen molar-refractivity contribution in [1.82, 2.24) is 5.32 Å². The van der Waals surface area contributed by atoms with E-state index in [1.165, 1.54) is 26.0 Å². The van der Waals surface area contributed by atoms with Gasteiger partial charge < -0.3 is 11.1 Å². The van der Waals surface area contributed by atoms with Gasteiger partial charge in [-0.25, -0.2) is 8.42 Å². The van der Waals surface area contributed by atoms with E-state index in [9.17, 15) is 13.2 Å². The molecule has 5 nitrogen and oxygen atoms in total. The van der Waals surface area contributed by atoms with Crippen LogP contribution in [0, 0.1) is 5.92 Å². The number of nitrogens with one attached hydrogen (secondary N) is 1. The minimum absolute atomic E-state index is 0.131. The summed E-state index contributed by atoms with van der Waals surface area (Å²) in [4.78, 5) is 12.6. The van der Waals surface area contributed by atoms with E-state index >= 15 is 0 Å². The summed E-state index contributed by atoms with van der Waals surface area (Å²) in [6, 6.07) is 6.14. The molecule has 0 spiro atoms. The van der Waals surface area contributed by atoms with E-state index in [4.69, 9.17) is 5.73 Å². The largest absolute Gasteiger partial charge is 0.350 e. The quantitative estimate of drug-likeness (QED) is 0.777. The van der Waals surface area contributed by atoms with Gasteiger partial charge in [0.25, 0.3) is 0 Å². The van der Waals surface area contributed by atoms with E-state index in [0.717, 1.165) is 17.3 Å². The van der Waals surface area contributed by atoms with Gasteiger partial charge in [-0.15, -0.1) is 0 Å².